The van der Waals surface area contributed by atoms with E-state index in [1.54, 1.807) is 7.11 Å². The Morgan fingerprint density at radius 3 is 2.67 bits per heavy atom. The number of hydrogen-bond acceptors (Lipinski definition) is 3. The van der Waals surface area contributed by atoms with Gasteiger partial charge in [0.15, 0.2) is 0 Å². The van der Waals surface area contributed by atoms with Crippen molar-refractivity contribution in [1.29, 1.82) is 0 Å². The first-order valence-electron chi connectivity index (χ1n) is 8.27. The molecule has 0 aromatic carbocycles. The lowest BCUT2D eigenvalue weighted by Crippen LogP contribution is -2.40. The van der Waals surface area contributed by atoms with Gasteiger partial charge >= 0.3 is 0 Å². The topological polar surface area (TPSA) is 34.1 Å². The highest BCUT2D eigenvalue weighted by molar-refractivity contribution is 5.41. The van der Waals surface area contributed by atoms with E-state index in [2.05, 4.69) is 31.1 Å². The zero-order valence-electron chi connectivity index (χ0n) is 14.2. The first-order chi connectivity index (χ1) is 10.0. The van der Waals surface area contributed by atoms with Crippen LogP contribution in [0.4, 0.5) is 0 Å². The summed E-state index contributed by atoms with van der Waals surface area (Å²) in [5.74, 6) is 2.53. The van der Waals surface area contributed by atoms with Crippen LogP contribution in [0.3, 0.4) is 0 Å². The summed E-state index contributed by atoms with van der Waals surface area (Å²) in [5.41, 5.74) is 3.39. The summed E-state index contributed by atoms with van der Waals surface area (Å²) in [4.78, 5) is 4.60. The minimum Gasteiger partial charge on any atom is -0.496 e. The van der Waals surface area contributed by atoms with E-state index < -0.39 is 0 Å². The molecule has 3 heteroatoms. The Balaban J connectivity index is 2.05. The molecule has 0 spiro atoms. The largest absolute Gasteiger partial charge is 0.496 e. The fourth-order valence-corrected chi connectivity index (χ4v) is 3.69. The summed E-state index contributed by atoms with van der Waals surface area (Å²) in [6, 6.07) is 0.632. The summed E-state index contributed by atoms with van der Waals surface area (Å²) < 4.78 is 5.50. The van der Waals surface area contributed by atoms with Crippen LogP contribution in [0.2, 0.25) is 0 Å². The highest BCUT2D eigenvalue weighted by atomic mass is 16.5. The molecule has 2 atom stereocenters. The van der Waals surface area contributed by atoms with Gasteiger partial charge in [0, 0.05) is 29.9 Å². The zero-order chi connectivity index (χ0) is 15.4. The number of aryl methyl sites for hydroxylation is 1. The molecule has 1 fully saturated rings. The molecule has 1 aliphatic rings. The van der Waals surface area contributed by atoms with Gasteiger partial charge in [0.1, 0.15) is 5.75 Å². The molecule has 0 saturated heterocycles. The smallest absolute Gasteiger partial charge is 0.128 e. The number of hydrogen-bond donors (Lipinski definition) is 1. The molecule has 1 heterocycles. The van der Waals surface area contributed by atoms with Gasteiger partial charge in [-0.1, -0.05) is 26.7 Å². The minimum atomic E-state index is 0.632. The van der Waals surface area contributed by atoms with E-state index in [0.717, 1.165) is 35.4 Å². The normalized spacial score (nSPS) is 22.6. The van der Waals surface area contributed by atoms with Crippen LogP contribution in [-0.2, 0) is 6.54 Å². The average Bonchev–Trinajstić information content (AvgIpc) is 2.47. The van der Waals surface area contributed by atoms with Crippen molar-refractivity contribution in [3.63, 3.8) is 0 Å². The van der Waals surface area contributed by atoms with Crippen molar-refractivity contribution in [3.8, 4) is 5.75 Å². The van der Waals surface area contributed by atoms with Crippen LogP contribution in [0.15, 0.2) is 6.20 Å². The summed E-state index contributed by atoms with van der Waals surface area (Å²) >= 11 is 0. The van der Waals surface area contributed by atoms with E-state index in [9.17, 15) is 0 Å². The van der Waals surface area contributed by atoms with Crippen LogP contribution in [0, 0.1) is 25.7 Å². The highest BCUT2D eigenvalue weighted by Gasteiger charge is 2.27. The van der Waals surface area contributed by atoms with Crippen molar-refractivity contribution in [3.05, 3.63) is 23.0 Å². The number of ether oxygens (including phenoxy) is 1. The minimum absolute atomic E-state index is 0.632. The predicted octanol–water partition coefficient (Wildman–Crippen LogP) is 4.01. The van der Waals surface area contributed by atoms with Gasteiger partial charge in [-0.3, -0.25) is 4.98 Å². The summed E-state index contributed by atoms with van der Waals surface area (Å²) in [6.07, 6.45) is 7.31. The van der Waals surface area contributed by atoms with Crippen LogP contribution >= 0.6 is 0 Å². The Kier molecular flexibility index (Phi) is 5.63. The van der Waals surface area contributed by atoms with Crippen molar-refractivity contribution in [2.24, 2.45) is 11.8 Å². The maximum atomic E-state index is 5.50. The monoisotopic (exact) mass is 290 g/mol. The lowest BCUT2D eigenvalue weighted by atomic mass is 9.78. The van der Waals surface area contributed by atoms with Crippen LogP contribution in [0.1, 0.15) is 56.4 Å². The fourth-order valence-electron chi connectivity index (χ4n) is 3.69. The molecule has 2 unspecified atom stereocenters. The van der Waals surface area contributed by atoms with E-state index in [1.165, 1.54) is 31.2 Å². The number of pyridine rings is 1. The zero-order valence-corrected chi connectivity index (χ0v) is 14.2. The second-order valence-electron chi connectivity index (χ2n) is 6.73. The maximum absolute atomic E-state index is 5.50. The number of nitrogens with one attached hydrogen (secondary N) is 1. The van der Waals surface area contributed by atoms with E-state index in [-0.39, 0.29) is 0 Å². The van der Waals surface area contributed by atoms with Crippen molar-refractivity contribution >= 4 is 0 Å². The third-order valence-corrected chi connectivity index (χ3v) is 4.96. The first-order valence-corrected chi connectivity index (χ1v) is 8.27. The molecule has 0 bridgehead atoms. The Morgan fingerprint density at radius 1 is 1.29 bits per heavy atom. The van der Waals surface area contributed by atoms with Gasteiger partial charge < -0.3 is 10.1 Å². The molecule has 1 aromatic rings. The molecule has 0 radical (unpaired) electrons. The van der Waals surface area contributed by atoms with Crippen LogP contribution < -0.4 is 10.1 Å². The molecule has 1 aliphatic carbocycles. The van der Waals surface area contributed by atoms with E-state index in [4.69, 9.17) is 4.74 Å². The van der Waals surface area contributed by atoms with Gasteiger partial charge in [-0.15, -0.1) is 0 Å². The van der Waals surface area contributed by atoms with Crippen molar-refractivity contribution < 1.29 is 4.74 Å². The number of rotatable bonds is 5. The second-order valence-corrected chi connectivity index (χ2v) is 6.73. The first kappa shape index (κ1) is 16.3. The van der Waals surface area contributed by atoms with Crippen LogP contribution in [0.5, 0.6) is 5.75 Å². The predicted molar refractivity (Wildman–Crippen MR) is 87.7 cm³/mol. The molecule has 3 nitrogen and oxygen atoms in total. The Labute approximate surface area is 129 Å². The third kappa shape index (κ3) is 3.76. The average molecular weight is 290 g/mol. The highest BCUT2D eigenvalue weighted by Crippen LogP contribution is 2.31. The van der Waals surface area contributed by atoms with Gasteiger partial charge in [0.2, 0.25) is 0 Å². The van der Waals surface area contributed by atoms with E-state index >= 15 is 0 Å². The van der Waals surface area contributed by atoms with Crippen LogP contribution in [-0.4, -0.2) is 18.1 Å². The number of nitrogens with zero attached hydrogens (tertiary/aromatic N) is 1. The molecule has 2 rings (SSSR count). The van der Waals surface area contributed by atoms with Gasteiger partial charge in [0.05, 0.1) is 12.8 Å². The quantitative estimate of drug-likeness (QED) is 0.889. The van der Waals surface area contributed by atoms with Crippen LogP contribution in [0.25, 0.3) is 0 Å². The van der Waals surface area contributed by atoms with Gasteiger partial charge in [-0.2, -0.15) is 0 Å². The molecule has 1 aromatic heterocycles. The maximum Gasteiger partial charge on any atom is 0.128 e. The molecule has 1 saturated carbocycles. The summed E-state index contributed by atoms with van der Waals surface area (Å²) in [5, 5.41) is 3.76. The third-order valence-electron chi connectivity index (χ3n) is 4.96. The standard InChI is InChI=1S/C18H30N2O/c1-12(2)15-8-6-7-9-16(15)20-11-17-14(4)18(21-5)13(3)10-19-17/h10,12,15-16,20H,6-9,11H2,1-5H3. The molecule has 118 valence electrons. The number of aromatic nitrogens is 1. The van der Waals surface area contributed by atoms with Gasteiger partial charge in [0.25, 0.3) is 0 Å². The lowest BCUT2D eigenvalue weighted by Gasteiger charge is -2.35. The molecular formula is C18H30N2O. The van der Waals surface area contributed by atoms with Crippen molar-refractivity contribution in [2.75, 3.05) is 7.11 Å². The molecule has 1 N–H and O–H groups in total. The molecule has 21 heavy (non-hydrogen) atoms. The van der Waals surface area contributed by atoms with Crippen molar-refractivity contribution in [2.45, 2.75) is 66.0 Å². The SMILES string of the molecule is COc1c(C)cnc(CNC2CCCCC2C(C)C)c1C. The summed E-state index contributed by atoms with van der Waals surface area (Å²) in [6.45, 7) is 9.70. The molecule has 0 amide bonds. The number of methoxy groups -OCH3 is 1. The Bertz CT molecular complexity index is 471. The Hall–Kier alpha value is -1.09. The Morgan fingerprint density at radius 2 is 2.00 bits per heavy atom. The fraction of sp³-hybridized carbons (Fsp3) is 0.722. The van der Waals surface area contributed by atoms with Gasteiger partial charge in [-0.25, -0.2) is 0 Å². The molecular weight excluding hydrogens is 260 g/mol. The van der Waals surface area contributed by atoms with E-state index in [0.29, 0.717) is 6.04 Å². The van der Waals surface area contributed by atoms with E-state index in [1.807, 2.05) is 13.1 Å². The molecule has 0 aliphatic heterocycles. The lowest BCUT2D eigenvalue weighted by molar-refractivity contribution is 0.204. The summed E-state index contributed by atoms with van der Waals surface area (Å²) in [7, 11) is 1.74. The second kappa shape index (κ2) is 7.26. The van der Waals surface area contributed by atoms with Crippen molar-refractivity contribution in [1.82, 2.24) is 10.3 Å². The van der Waals surface area contributed by atoms with Gasteiger partial charge in [-0.05, 0) is 38.5 Å².